The molecule has 2 heterocycles. The van der Waals surface area contributed by atoms with Gasteiger partial charge in [0, 0.05) is 13.6 Å². The molecule has 0 radical (unpaired) electrons. The van der Waals surface area contributed by atoms with Crippen molar-refractivity contribution in [1.29, 1.82) is 0 Å². The van der Waals surface area contributed by atoms with Crippen LogP contribution in [0.25, 0.3) is 0 Å². The monoisotopic (exact) mass is 341 g/mol. The predicted octanol–water partition coefficient (Wildman–Crippen LogP) is 2.42. The molecule has 1 aliphatic carbocycles. The third-order valence-corrected chi connectivity index (χ3v) is 4.67. The molecule has 1 fully saturated rings. The molecule has 130 valence electrons. The molecule has 6 nitrogen and oxygen atoms in total. The molecular formula is C18H20FN5O. The van der Waals surface area contributed by atoms with E-state index in [9.17, 15) is 9.18 Å². The van der Waals surface area contributed by atoms with E-state index in [0.29, 0.717) is 11.7 Å². The third-order valence-electron chi connectivity index (χ3n) is 4.67. The van der Waals surface area contributed by atoms with Crippen molar-refractivity contribution in [3.63, 3.8) is 0 Å². The van der Waals surface area contributed by atoms with E-state index in [1.54, 1.807) is 23.1 Å². The maximum Gasteiger partial charge on any atom is 0.246 e. The van der Waals surface area contributed by atoms with Crippen LogP contribution in [-0.2, 0) is 11.3 Å². The zero-order valence-corrected chi connectivity index (χ0v) is 14.1. The van der Waals surface area contributed by atoms with Crippen LogP contribution in [0, 0.1) is 11.7 Å². The number of nitrogens with one attached hydrogen (secondary N) is 1. The predicted molar refractivity (Wildman–Crippen MR) is 94.1 cm³/mol. The van der Waals surface area contributed by atoms with Gasteiger partial charge in [0.2, 0.25) is 5.91 Å². The number of carbonyl (C=O) groups is 1. The van der Waals surface area contributed by atoms with E-state index in [1.165, 1.54) is 30.1 Å². The van der Waals surface area contributed by atoms with E-state index in [2.05, 4.69) is 15.3 Å². The number of para-hydroxylation sites is 1. The number of likely N-dealkylation sites (N-methyl/N-ethyl adjacent to an activating group) is 1. The molecule has 1 aliphatic heterocycles. The summed E-state index contributed by atoms with van der Waals surface area (Å²) in [5.74, 6) is 1.55. The molecule has 0 bridgehead atoms. The number of carbonyl (C=O) groups excluding carboxylic acids is 1. The molecule has 2 aliphatic rings. The fourth-order valence-corrected chi connectivity index (χ4v) is 3.09. The third kappa shape index (κ3) is 3.14. The van der Waals surface area contributed by atoms with Crippen molar-refractivity contribution in [3.8, 4) is 0 Å². The number of hydrogen-bond donors (Lipinski definition) is 1. The summed E-state index contributed by atoms with van der Waals surface area (Å²) >= 11 is 0. The standard InChI is InChI=1S/C18H20FN5O/c1-23-10-16(25)24(15-5-3-2-4-14(15)19)9-13-17(20-8-12-6-7-12)21-11-22-18(13)23/h2-5,11-12H,6-10H2,1H3,(H,20,21,22). The molecule has 1 saturated carbocycles. The Hall–Kier alpha value is -2.70. The summed E-state index contributed by atoms with van der Waals surface area (Å²) in [6.07, 6.45) is 3.98. The number of benzene rings is 1. The van der Waals surface area contributed by atoms with Crippen LogP contribution < -0.4 is 15.1 Å². The molecule has 7 heteroatoms. The van der Waals surface area contributed by atoms with Gasteiger partial charge in [0.15, 0.2) is 0 Å². The van der Waals surface area contributed by atoms with E-state index in [4.69, 9.17) is 0 Å². The van der Waals surface area contributed by atoms with Crippen LogP contribution in [0.4, 0.5) is 21.7 Å². The number of nitrogens with zero attached hydrogens (tertiary/aromatic N) is 4. The van der Waals surface area contributed by atoms with Crippen molar-refractivity contribution in [2.45, 2.75) is 19.4 Å². The first kappa shape index (κ1) is 15.8. The molecule has 1 aromatic heterocycles. The lowest BCUT2D eigenvalue weighted by Crippen LogP contribution is -2.36. The van der Waals surface area contributed by atoms with Gasteiger partial charge in [0.25, 0.3) is 0 Å². The summed E-state index contributed by atoms with van der Waals surface area (Å²) in [5.41, 5.74) is 1.10. The highest BCUT2D eigenvalue weighted by atomic mass is 19.1. The second-order valence-electron chi connectivity index (χ2n) is 6.64. The fourth-order valence-electron chi connectivity index (χ4n) is 3.09. The molecule has 0 unspecified atom stereocenters. The van der Waals surface area contributed by atoms with Crippen molar-refractivity contribution in [2.24, 2.45) is 5.92 Å². The minimum absolute atomic E-state index is 0.139. The molecule has 1 aromatic carbocycles. The highest BCUT2D eigenvalue weighted by Crippen LogP contribution is 2.33. The van der Waals surface area contributed by atoms with Gasteiger partial charge in [0.1, 0.15) is 23.8 Å². The van der Waals surface area contributed by atoms with Crippen LogP contribution in [0.1, 0.15) is 18.4 Å². The van der Waals surface area contributed by atoms with Crippen molar-refractivity contribution in [2.75, 3.05) is 35.3 Å². The van der Waals surface area contributed by atoms with Crippen LogP contribution in [0.15, 0.2) is 30.6 Å². The smallest absolute Gasteiger partial charge is 0.246 e. The number of amides is 1. The summed E-state index contributed by atoms with van der Waals surface area (Å²) < 4.78 is 14.3. The molecule has 1 amide bonds. The van der Waals surface area contributed by atoms with E-state index in [-0.39, 0.29) is 24.7 Å². The van der Waals surface area contributed by atoms with Gasteiger partial charge in [0.05, 0.1) is 24.3 Å². The molecule has 0 atom stereocenters. The highest BCUT2D eigenvalue weighted by Gasteiger charge is 2.30. The summed E-state index contributed by atoms with van der Waals surface area (Å²) in [7, 11) is 1.82. The average molecular weight is 341 g/mol. The lowest BCUT2D eigenvalue weighted by Gasteiger charge is -2.22. The number of aromatic nitrogens is 2. The topological polar surface area (TPSA) is 61.4 Å². The second kappa shape index (κ2) is 6.31. The largest absolute Gasteiger partial charge is 0.369 e. The molecule has 1 N–H and O–H groups in total. The maximum absolute atomic E-state index is 14.3. The Bertz CT molecular complexity index is 808. The van der Waals surface area contributed by atoms with Crippen molar-refractivity contribution >= 4 is 23.2 Å². The van der Waals surface area contributed by atoms with E-state index in [0.717, 1.165) is 17.9 Å². The van der Waals surface area contributed by atoms with Crippen LogP contribution in [0.3, 0.4) is 0 Å². The van der Waals surface area contributed by atoms with Gasteiger partial charge < -0.3 is 15.1 Å². The van der Waals surface area contributed by atoms with Gasteiger partial charge in [-0.2, -0.15) is 0 Å². The van der Waals surface area contributed by atoms with Gasteiger partial charge in [-0.05, 0) is 30.9 Å². The fraction of sp³-hybridized carbons (Fsp3) is 0.389. The lowest BCUT2D eigenvalue weighted by molar-refractivity contribution is -0.117. The Morgan fingerprint density at radius 3 is 2.80 bits per heavy atom. The molecular weight excluding hydrogens is 321 g/mol. The second-order valence-corrected chi connectivity index (χ2v) is 6.64. The van der Waals surface area contributed by atoms with Gasteiger partial charge in [-0.15, -0.1) is 0 Å². The Kier molecular flexibility index (Phi) is 3.99. The van der Waals surface area contributed by atoms with Gasteiger partial charge in [-0.25, -0.2) is 14.4 Å². The normalized spacial score (nSPS) is 17.3. The molecule has 2 aromatic rings. The Morgan fingerprint density at radius 2 is 2.04 bits per heavy atom. The van der Waals surface area contributed by atoms with E-state index >= 15 is 0 Å². The Morgan fingerprint density at radius 1 is 1.24 bits per heavy atom. The van der Waals surface area contributed by atoms with Crippen molar-refractivity contribution < 1.29 is 9.18 Å². The zero-order chi connectivity index (χ0) is 17.4. The van der Waals surface area contributed by atoms with Crippen LogP contribution in [0.2, 0.25) is 0 Å². The Balaban J connectivity index is 1.72. The first-order valence-electron chi connectivity index (χ1n) is 8.47. The van der Waals surface area contributed by atoms with Crippen molar-refractivity contribution in [1.82, 2.24) is 9.97 Å². The van der Waals surface area contributed by atoms with E-state index in [1.807, 2.05) is 7.05 Å². The maximum atomic E-state index is 14.3. The first-order valence-corrected chi connectivity index (χ1v) is 8.47. The summed E-state index contributed by atoms with van der Waals surface area (Å²) in [6, 6.07) is 6.34. The first-order chi connectivity index (χ1) is 12.1. The summed E-state index contributed by atoms with van der Waals surface area (Å²) in [6.45, 7) is 1.24. The average Bonchev–Trinajstić information content (AvgIpc) is 3.43. The van der Waals surface area contributed by atoms with Gasteiger partial charge in [-0.3, -0.25) is 4.79 Å². The quantitative estimate of drug-likeness (QED) is 0.925. The van der Waals surface area contributed by atoms with E-state index < -0.39 is 5.82 Å². The van der Waals surface area contributed by atoms with Crippen LogP contribution >= 0.6 is 0 Å². The Labute approximate surface area is 145 Å². The number of hydrogen-bond acceptors (Lipinski definition) is 5. The minimum Gasteiger partial charge on any atom is -0.369 e. The summed E-state index contributed by atoms with van der Waals surface area (Å²) in [5, 5.41) is 3.38. The van der Waals surface area contributed by atoms with Gasteiger partial charge >= 0.3 is 0 Å². The molecule has 0 saturated heterocycles. The number of anilines is 3. The molecule has 25 heavy (non-hydrogen) atoms. The number of fused-ring (bicyclic) bond motifs is 1. The van der Waals surface area contributed by atoms with Crippen LogP contribution in [0.5, 0.6) is 0 Å². The molecule has 4 rings (SSSR count). The number of halogens is 1. The number of rotatable bonds is 4. The molecule has 0 spiro atoms. The minimum atomic E-state index is -0.411. The SMILES string of the molecule is CN1CC(=O)N(c2ccccc2F)Cc2c(NCC3CC3)ncnc21. The van der Waals surface area contributed by atoms with Gasteiger partial charge in [-0.1, -0.05) is 12.1 Å². The van der Waals surface area contributed by atoms with Crippen LogP contribution in [-0.4, -0.2) is 36.0 Å². The highest BCUT2D eigenvalue weighted by molar-refractivity contribution is 5.98. The summed E-state index contributed by atoms with van der Waals surface area (Å²) in [4.78, 5) is 24.7. The van der Waals surface area contributed by atoms with Crippen molar-refractivity contribution in [3.05, 3.63) is 42.0 Å². The lowest BCUT2D eigenvalue weighted by atomic mass is 10.2. The zero-order valence-electron chi connectivity index (χ0n) is 14.1.